The summed E-state index contributed by atoms with van der Waals surface area (Å²) in [7, 11) is 0. The fourth-order valence-corrected chi connectivity index (χ4v) is 5.06. The molecule has 0 radical (unpaired) electrons. The number of benzene rings is 1. The first-order chi connectivity index (χ1) is 12.2. The maximum Gasteiger partial charge on any atom is 0.407 e. The van der Waals surface area contributed by atoms with E-state index in [2.05, 4.69) is 5.32 Å². The predicted octanol–water partition coefficient (Wildman–Crippen LogP) is 4.61. The second kappa shape index (κ2) is 9.60. The molecule has 9 heteroatoms. The van der Waals surface area contributed by atoms with E-state index in [1.54, 1.807) is 11.8 Å². The smallest absolute Gasteiger partial charge is 0.407 e. The molecule has 1 aliphatic rings. The van der Waals surface area contributed by atoms with Gasteiger partial charge in [0.15, 0.2) is 3.79 Å². The number of anilines is 1. The average Bonchev–Trinajstić information content (AvgIpc) is 2.53. The first-order valence-corrected chi connectivity index (χ1v) is 10.6. The van der Waals surface area contributed by atoms with E-state index in [0.29, 0.717) is 26.1 Å². The summed E-state index contributed by atoms with van der Waals surface area (Å²) in [6.45, 7) is 1.50. The van der Waals surface area contributed by atoms with Crippen LogP contribution < -0.4 is 11.1 Å². The Morgan fingerprint density at radius 3 is 2.81 bits per heavy atom. The van der Waals surface area contributed by atoms with E-state index < -0.39 is 15.4 Å². The third-order valence-corrected chi connectivity index (χ3v) is 5.94. The van der Waals surface area contributed by atoms with Gasteiger partial charge < -0.3 is 16.2 Å². The van der Waals surface area contributed by atoms with Crippen molar-refractivity contribution in [2.24, 2.45) is 0 Å². The van der Waals surface area contributed by atoms with Crippen molar-refractivity contribution in [2.75, 3.05) is 31.1 Å². The normalized spacial score (nSPS) is 21.0. The van der Waals surface area contributed by atoms with Crippen LogP contribution >= 0.6 is 46.6 Å². The van der Waals surface area contributed by atoms with Gasteiger partial charge >= 0.3 is 6.09 Å². The molecule has 1 heterocycles. The number of amides is 1. The van der Waals surface area contributed by atoms with Gasteiger partial charge in [0.05, 0.1) is 5.54 Å². The molecule has 0 saturated carbocycles. The second-order valence-corrected chi connectivity index (χ2v) is 10.2. The Kier molecular flexibility index (Phi) is 8.04. The van der Waals surface area contributed by atoms with Gasteiger partial charge in [0, 0.05) is 36.6 Å². The summed E-state index contributed by atoms with van der Waals surface area (Å²) in [5, 5.41) is 12.9. The number of halogens is 3. The second-order valence-electron chi connectivity index (χ2n) is 6.51. The fourth-order valence-electron chi connectivity index (χ4n) is 3.34. The summed E-state index contributed by atoms with van der Waals surface area (Å²) in [5.74, 6) is 0.924. The van der Waals surface area contributed by atoms with Gasteiger partial charge in [-0.15, -0.1) is 11.8 Å². The summed E-state index contributed by atoms with van der Waals surface area (Å²) in [6, 6.07) is 7.78. The summed E-state index contributed by atoms with van der Waals surface area (Å²) in [6.07, 6.45) is 1.65. The molecule has 4 N–H and O–H groups in total. The number of hydrogen-bond acceptors (Lipinski definition) is 4. The van der Waals surface area contributed by atoms with E-state index in [4.69, 9.17) is 40.5 Å². The number of carboxylic acid groups (broad SMARTS) is 1. The van der Waals surface area contributed by atoms with Gasteiger partial charge in [-0.1, -0.05) is 47.3 Å². The predicted molar refractivity (Wildman–Crippen MR) is 111 cm³/mol. The summed E-state index contributed by atoms with van der Waals surface area (Å²) < 4.78 is -1.50. The minimum atomic E-state index is -1.50. The number of piperazine rings is 1. The number of alkyl halides is 3. The van der Waals surface area contributed by atoms with Crippen LogP contribution in [-0.4, -0.2) is 50.8 Å². The van der Waals surface area contributed by atoms with Crippen molar-refractivity contribution in [3.05, 3.63) is 24.3 Å². The average molecular weight is 441 g/mol. The van der Waals surface area contributed by atoms with E-state index in [9.17, 15) is 9.90 Å². The molecule has 5 nitrogen and oxygen atoms in total. The van der Waals surface area contributed by atoms with E-state index >= 15 is 0 Å². The molecule has 0 aromatic heterocycles. The number of nitrogens with one attached hydrogen (secondary N) is 1. The summed E-state index contributed by atoms with van der Waals surface area (Å²) in [5.41, 5.74) is 5.84. The Labute approximate surface area is 173 Å². The van der Waals surface area contributed by atoms with Crippen molar-refractivity contribution >= 4 is 58.3 Å². The molecule has 1 aliphatic heterocycles. The fraction of sp³-hybridized carbons (Fsp3) is 0.588. The molecular formula is C17H24Cl3N3O2S. The first-order valence-electron chi connectivity index (χ1n) is 8.48. The Morgan fingerprint density at radius 2 is 2.15 bits per heavy atom. The topological polar surface area (TPSA) is 78.6 Å². The Balaban J connectivity index is 1.93. The Morgan fingerprint density at radius 1 is 1.38 bits per heavy atom. The van der Waals surface area contributed by atoms with E-state index in [-0.39, 0.29) is 6.42 Å². The highest BCUT2D eigenvalue weighted by molar-refractivity contribution is 7.99. The van der Waals surface area contributed by atoms with Gasteiger partial charge in [0.25, 0.3) is 0 Å². The van der Waals surface area contributed by atoms with Gasteiger partial charge in [0.2, 0.25) is 0 Å². The molecule has 1 unspecified atom stereocenters. The highest BCUT2D eigenvalue weighted by Gasteiger charge is 2.46. The molecule has 1 saturated heterocycles. The first kappa shape index (κ1) is 21.8. The monoisotopic (exact) mass is 439 g/mol. The maximum absolute atomic E-state index is 11.7. The van der Waals surface area contributed by atoms with Crippen molar-refractivity contribution in [2.45, 2.75) is 39.9 Å². The lowest BCUT2D eigenvalue weighted by molar-refractivity contribution is 0.0446. The third kappa shape index (κ3) is 6.57. The third-order valence-electron chi connectivity index (χ3n) is 4.46. The van der Waals surface area contributed by atoms with Crippen LogP contribution in [0.25, 0.3) is 0 Å². The van der Waals surface area contributed by atoms with Crippen LogP contribution in [-0.2, 0) is 0 Å². The van der Waals surface area contributed by atoms with Crippen molar-refractivity contribution in [1.82, 2.24) is 10.2 Å². The maximum atomic E-state index is 11.7. The van der Waals surface area contributed by atoms with E-state index in [1.807, 2.05) is 24.3 Å². The van der Waals surface area contributed by atoms with Gasteiger partial charge in [-0.3, -0.25) is 4.90 Å². The summed E-state index contributed by atoms with van der Waals surface area (Å²) in [4.78, 5) is 14.3. The summed E-state index contributed by atoms with van der Waals surface area (Å²) >= 11 is 19.8. The van der Waals surface area contributed by atoms with E-state index in [0.717, 1.165) is 29.2 Å². The molecule has 1 aromatic rings. The molecule has 1 fully saturated rings. The standard InChI is InChI=1S/C17H24Cl3N3O2S/c18-17(19,20)11-16(12-22-7-8-23(16)15(24)25)6-1-2-9-26-14-5-3-4-13(21)10-14/h3-5,10,22H,1-2,6-9,11-12,21H2,(H,24,25). The number of carbonyl (C=O) groups is 1. The molecule has 0 bridgehead atoms. The lowest BCUT2D eigenvalue weighted by atomic mass is 9.86. The van der Waals surface area contributed by atoms with Gasteiger partial charge in [-0.05, 0) is 36.8 Å². The molecule has 0 spiro atoms. The highest BCUT2D eigenvalue weighted by atomic mass is 35.6. The number of nitrogens with zero attached hydrogens (tertiary/aromatic N) is 1. The number of hydrogen-bond donors (Lipinski definition) is 3. The minimum Gasteiger partial charge on any atom is -0.465 e. The van der Waals surface area contributed by atoms with Crippen molar-refractivity contribution in [3.63, 3.8) is 0 Å². The lowest BCUT2D eigenvalue weighted by Gasteiger charge is -2.47. The van der Waals surface area contributed by atoms with Crippen molar-refractivity contribution < 1.29 is 9.90 Å². The molecule has 146 valence electrons. The molecular weight excluding hydrogens is 417 g/mol. The van der Waals surface area contributed by atoms with Crippen LogP contribution in [0.2, 0.25) is 0 Å². The minimum absolute atomic E-state index is 0.173. The zero-order valence-electron chi connectivity index (χ0n) is 14.4. The largest absolute Gasteiger partial charge is 0.465 e. The molecule has 1 aromatic carbocycles. The Hall–Kier alpha value is -0.530. The number of unbranched alkanes of at least 4 members (excludes halogenated alkanes) is 1. The molecule has 0 aliphatic carbocycles. The molecule has 26 heavy (non-hydrogen) atoms. The van der Waals surface area contributed by atoms with Gasteiger partial charge in [-0.2, -0.15) is 0 Å². The van der Waals surface area contributed by atoms with Crippen LogP contribution in [0.15, 0.2) is 29.2 Å². The highest BCUT2D eigenvalue weighted by Crippen LogP contribution is 2.41. The SMILES string of the molecule is Nc1cccc(SCCCCC2(CC(Cl)(Cl)Cl)CNCCN2C(=O)O)c1. The van der Waals surface area contributed by atoms with Gasteiger partial charge in [0.1, 0.15) is 0 Å². The number of thioether (sulfide) groups is 1. The van der Waals surface area contributed by atoms with Crippen LogP contribution in [0.5, 0.6) is 0 Å². The van der Waals surface area contributed by atoms with Crippen molar-refractivity contribution in [3.8, 4) is 0 Å². The number of nitrogens with two attached hydrogens (primary N) is 1. The quantitative estimate of drug-likeness (QED) is 0.250. The number of nitrogen functional groups attached to an aromatic ring is 1. The molecule has 1 atom stereocenters. The zero-order valence-corrected chi connectivity index (χ0v) is 17.5. The van der Waals surface area contributed by atoms with Crippen LogP contribution in [0.3, 0.4) is 0 Å². The zero-order chi connectivity index (χ0) is 19.2. The Bertz CT molecular complexity index is 615. The van der Waals surface area contributed by atoms with Crippen LogP contribution in [0, 0.1) is 0 Å². The van der Waals surface area contributed by atoms with Gasteiger partial charge in [-0.25, -0.2) is 4.79 Å². The van der Waals surface area contributed by atoms with Crippen LogP contribution in [0.1, 0.15) is 25.7 Å². The lowest BCUT2D eigenvalue weighted by Crippen LogP contribution is -2.64. The molecule has 2 rings (SSSR count). The number of rotatable bonds is 7. The molecule has 1 amide bonds. The van der Waals surface area contributed by atoms with E-state index in [1.165, 1.54) is 4.90 Å². The van der Waals surface area contributed by atoms with Crippen molar-refractivity contribution in [1.29, 1.82) is 0 Å². The van der Waals surface area contributed by atoms with Crippen LogP contribution in [0.4, 0.5) is 10.5 Å².